The van der Waals surface area contributed by atoms with Gasteiger partial charge in [0.05, 0.1) is 6.54 Å². The summed E-state index contributed by atoms with van der Waals surface area (Å²) in [5.41, 5.74) is 0. The molecule has 0 saturated carbocycles. The first kappa shape index (κ1) is 13.5. The van der Waals surface area contributed by atoms with Gasteiger partial charge in [0.15, 0.2) is 6.29 Å². The molecule has 4 heteroatoms. The van der Waals surface area contributed by atoms with Crippen LogP contribution in [0.4, 0.5) is 0 Å². The molecule has 1 unspecified atom stereocenters. The highest BCUT2D eigenvalue weighted by molar-refractivity contribution is 5.78. The van der Waals surface area contributed by atoms with E-state index in [-0.39, 0.29) is 12.2 Å². The number of likely N-dealkylation sites (tertiary alicyclic amines) is 1. The molecule has 0 spiro atoms. The van der Waals surface area contributed by atoms with Crippen LogP contribution in [0, 0.1) is 5.92 Å². The van der Waals surface area contributed by atoms with E-state index in [2.05, 4.69) is 6.92 Å². The molecule has 1 rings (SSSR count). The predicted octanol–water partition coefficient (Wildman–Crippen LogP) is 1.64. The van der Waals surface area contributed by atoms with Crippen molar-refractivity contribution in [2.75, 3.05) is 26.3 Å². The minimum Gasteiger partial charge on any atom is -0.351 e. The molecule has 0 aromatic heterocycles. The maximum Gasteiger partial charge on any atom is 0.223 e. The van der Waals surface area contributed by atoms with E-state index in [1.807, 2.05) is 18.7 Å². The third-order valence-corrected chi connectivity index (χ3v) is 2.95. The van der Waals surface area contributed by atoms with Gasteiger partial charge in [-0.05, 0) is 19.8 Å². The van der Waals surface area contributed by atoms with Crippen molar-refractivity contribution < 1.29 is 14.3 Å². The van der Waals surface area contributed by atoms with E-state index in [9.17, 15) is 4.79 Å². The Morgan fingerprint density at radius 1 is 1.31 bits per heavy atom. The maximum absolute atomic E-state index is 11.7. The van der Waals surface area contributed by atoms with Crippen molar-refractivity contribution in [2.45, 2.75) is 39.9 Å². The number of carbonyl (C=O) groups excluding carboxylic acids is 1. The molecule has 1 amide bonds. The average Bonchev–Trinajstić information content (AvgIpc) is 2.60. The van der Waals surface area contributed by atoms with Gasteiger partial charge in [-0.2, -0.15) is 0 Å². The van der Waals surface area contributed by atoms with Gasteiger partial charge in [-0.15, -0.1) is 0 Å². The first-order chi connectivity index (χ1) is 7.71. The van der Waals surface area contributed by atoms with Crippen molar-refractivity contribution in [2.24, 2.45) is 5.92 Å². The zero-order valence-corrected chi connectivity index (χ0v) is 10.6. The van der Waals surface area contributed by atoms with Crippen LogP contribution in [0.5, 0.6) is 0 Å². The summed E-state index contributed by atoms with van der Waals surface area (Å²) in [5.74, 6) is 0.743. The Labute approximate surface area is 97.9 Å². The summed E-state index contributed by atoms with van der Waals surface area (Å²) in [6.07, 6.45) is 1.48. The van der Waals surface area contributed by atoms with Crippen molar-refractivity contribution in [3.63, 3.8) is 0 Å². The molecular formula is C12H23NO3. The van der Waals surface area contributed by atoms with E-state index >= 15 is 0 Å². The van der Waals surface area contributed by atoms with Gasteiger partial charge in [0, 0.05) is 26.2 Å². The van der Waals surface area contributed by atoms with Crippen molar-refractivity contribution in [3.8, 4) is 0 Å². The Hall–Kier alpha value is -0.610. The largest absolute Gasteiger partial charge is 0.351 e. The quantitative estimate of drug-likeness (QED) is 0.623. The molecule has 1 atom stereocenters. The number of hydrogen-bond acceptors (Lipinski definition) is 3. The van der Waals surface area contributed by atoms with Crippen LogP contribution in [-0.2, 0) is 14.3 Å². The van der Waals surface area contributed by atoms with Crippen LogP contribution in [0.1, 0.15) is 33.6 Å². The summed E-state index contributed by atoms with van der Waals surface area (Å²) in [6.45, 7) is 8.65. The van der Waals surface area contributed by atoms with Crippen LogP contribution < -0.4 is 0 Å². The minimum absolute atomic E-state index is 0.233. The van der Waals surface area contributed by atoms with Gasteiger partial charge < -0.3 is 14.4 Å². The lowest BCUT2D eigenvalue weighted by molar-refractivity contribution is -0.155. The van der Waals surface area contributed by atoms with Gasteiger partial charge in [0.1, 0.15) is 0 Å². The number of hydrogen-bond donors (Lipinski definition) is 0. The maximum atomic E-state index is 11.7. The molecule has 1 aliphatic rings. The predicted molar refractivity (Wildman–Crippen MR) is 62.0 cm³/mol. The summed E-state index contributed by atoms with van der Waals surface area (Å²) < 4.78 is 10.9. The highest BCUT2D eigenvalue weighted by Crippen LogP contribution is 2.21. The van der Waals surface area contributed by atoms with E-state index in [1.165, 1.54) is 0 Å². The lowest BCUT2D eigenvalue weighted by Crippen LogP contribution is -2.36. The minimum atomic E-state index is -0.269. The Balaban J connectivity index is 2.41. The van der Waals surface area contributed by atoms with Crippen LogP contribution in [0.2, 0.25) is 0 Å². The molecule has 0 bridgehead atoms. The molecule has 1 fully saturated rings. The van der Waals surface area contributed by atoms with E-state index in [0.29, 0.717) is 32.1 Å². The SMILES string of the molecule is CCOC(CN1CC(CC)CC1=O)OCC. The number of ether oxygens (including phenoxy) is 2. The van der Waals surface area contributed by atoms with Crippen LogP contribution >= 0.6 is 0 Å². The van der Waals surface area contributed by atoms with E-state index in [0.717, 1.165) is 13.0 Å². The normalized spacial score (nSPS) is 21.1. The Morgan fingerprint density at radius 3 is 2.38 bits per heavy atom. The first-order valence-electron chi connectivity index (χ1n) is 6.22. The molecule has 0 N–H and O–H groups in total. The molecule has 1 saturated heterocycles. The van der Waals surface area contributed by atoms with Crippen LogP contribution in [0.25, 0.3) is 0 Å². The molecule has 4 nitrogen and oxygen atoms in total. The molecule has 0 aliphatic carbocycles. The number of nitrogens with zero attached hydrogens (tertiary/aromatic N) is 1. The van der Waals surface area contributed by atoms with E-state index in [4.69, 9.17) is 9.47 Å². The Morgan fingerprint density at radius 2 is 1.94 bits per heavy atom. The lowest BCUT2D eigenvalue weighted by atomic mass is 10.1. The van der Waals surface area contributed by atoms with E-state index in [1.54, 1.807) is 0 Å². The summed E-state index contributed by atoms with van der Waals surface area (Å²) in [7, 11) is 0. The zero-order valence-electron chi connectivity index (χ0n) is 10.6. The smallest absolute Gasteiger partial charge is 0.223 e. The second-order valence-corrected chi connectivity index (χ2v) is 4.12. The van der Waals surface area contributed by atoms with Gasteiger partial charge in [0.25, 0.3) is 0 Å². The second kappa shape index (κ2) is 6.86. The summed E-state index contributed by atoms with van der Waals surface area (Å²) in [6, 6.07) is 0. The second-order valence-electron chi connectivity index (χ2n) is 4.12. The third-order valence-electron chi connectivity index (χ3n) is 2.95. The summed E-state index contributed by atoms with van der Waals surface area (Å²) in [5, 5.41) is 0. The highest BCUT2D eigenvalue weighted by Gasteiger charge is 2.30. The highest BCUT2D eigenvalue weighted by atomic mass is 16.7. The molecule has 16 heavy (non-hydrogen) atoms. The Bertz CT molecular complexity index is 214. The summed E-state index contributed by atoms with van der Waals surface area (Å²) >= 11 is 0. The van der Waals surface area contributed by atoms with Gasteiger partial charge in [-0.3, -0.25) is 4.79 Å². The molecule has 0 aromatic rings. The Kier molecular flexibility index (Phi) is 5.77. The molecule has 94 valence electrons. The molecule has 0 radical (unpaired) electrons. The van der Waals surface area contributed by atoms with Crippen molar-refractivity contribution in [3.05, 3.63) is 0 Å². The van der Waals surface area contributed by atoms with Crippen molar-refractivity contribution in [1.82, 2.24) is 4.90 Å². The van der Waals surface area contributed by atoms with Crippen LogP contribution in [0.3, 0.4) is 0 Å². The number of amides is 1. The number of carbonyl (C=O) groups is 1. The van der Waals surface area contributed by atoms with Crippen molar-refractivity contribution in [1.29, 1.82) is 0 Å². The van der Waals surface area contributed by atoms with E-state index < -0.39 is 0 Å². The van der Waals surface area contributed by atoms with Crippen molar-refractivity contribution >= 4 is 5.91 Å². The fraction of sp³-hybridized carbons (Fsp3) is 0.917. The van der Waals surface area contributed by atoms with Gasteiger partial charge >= 0.3 is 0 Å². The zero-order chi connectivity index (χ0) is 12.0. The average molecular weight is 229 g/mol. The fourth-order valence-corrected chi connectivity index (χ4v) is 2.01. The van der Waals surface area contributed by atoms with Gasteiger partial charge in [-0.25, -0.2) is 0 Å². The van der Waals surface area contributed by atoms with Crippen LogP contribution in [-0.4, -0.2) is 43.4 Å². The molecule has 1 aliphatic heterocycles. The first-order valence-corrected chi connectivity index (χ1v) is 6.22. The molecule has 0 aromatic carbocycles. The fourth-order valence-electron chi connectivity index (χ4n) is 2.01. The number of rotatable bonds is 7. The third kappa shape index (κ3) is 3.76. The van der Waals surface area contributed by atoms with Gasteiger partial charge in [0.2, 0.25) is 5.91 Å². The molecule has 1 heterocycles. The standard InChI is InChI=1S/C12H23NO3/c1-4-10-7-11(14)13(8-10)9-12(15-5-2)16-6-3/h10,12H,4-9H2,1-3H3. The monoisotopic (exact) mass is 229 g/mol. The topological polar surface area (TPSA) is 38.8 Å². The van der Waals surface area contributed by atoms with Crippen LogP contribution in [0.15, 0.2) is 0 Å². The summed E-state index contributed by atoms with van der Waals surface area (Å²) in [4.78, 5) is 13.6. The molecular weight excluding hydrogens is 206 g/mol. The van der Waals surface area contributed by atoms with Gasteiger partial charge in [-0.1, -0.05) is 13.3 Å². The lowest BCUT2D eigenvalue weighted by Gasteiger charge is -2.23.